The number of aromatic nitrogens is 1. The molecular formula is C22H23N3O2S. The molecule has 3 aromatic rings. The number of methoxy groups -OCH3 is 1. The molecule has 1 aliphatic rings. The Morgan fingerprint density at radius 2 is 1.93 bits per heavy atom. The number of nitrogens with zero attached hydrogens (tertiary/aromatic N) is 2. The molecule has 0 spiro atoms. The van der Waals surface area contributed by atoms with Gasteiger partial charge >= 0.3 is 0 Å². The van der Waals surface area contributed by atoms with E-state index in [1.54, 1.807) is 7.11 Å². The summed E-state index contributed by atoms with van der Waals surface area (Å²) in [5, 5.41) is 3.98. The maximum atomic E-state index is 13.3. The van der Waals surface area contributed by atoms with Crippen LogP contribution in [0.15, 0.2) is 54.6 Å². The lowest BCUT2D eigenvalue weighted by Gasteiger charge is -2.24. The first-order chi connectivity index (χ1) is 13.7. The number of para-hydroxylation sites is 2. The zero-order valence-electron chi connectivity index (χ0n) is 16.0. The van der Waals surface area contributed by atoms with Gasteiger partial charge in [-0.1, -0.05) is 53.8 Å². The smallest absolute Gasteiger partial charge is 0.266 e. The molecule has 2 heterocycles. The zero-order chi connectivity index (χ0) is 19.5. The Labute approximate surface area is 169 Å². The topological polar surface area (TPSA) is 54.5 Å². The van der Waals surface area contributed by atoms with E-state index < -0.39 is 0 Å². The lowest BCUT2D eigenvalue weighted by Crippen LogP contribution is -2.30. The minimum absolute atomic E-state index is 0.0643. The largest absolute Gasteiger partial charge is 0.495 e. The average molecular weight is 394 g/mol. The van der Waals surface area contributed by atoms with Gasteiger partial charge in [0.1, 0.15) is 10.6 Å². The Morgan fingerprint density at radius 1 is 1.18 bits per heavy atom. The van der Waals surface area contributed by atoms with Gasteiger partial charge in [-0.2, -0.15) is 0 Å². The highest BCUT2D eigenvalue weighted by Gasteiger charge is 2.32. The minimum atomic E-state index is 0.0643. The lowest BCUT2D eigenvalue weighted by molar-refractivity contribution is 0.0739. The maximum absolute atomic E-state index is 13.3. The van der Waals surface area contributed by atoms with Crippen LogP contribution in [0, 0.1) is 6.92 Å². The molecule has 1 amide bonds. The summed E-state index contributed by atoms with van der Waals surface area (Å²) in [7, 11) is 1.64. The predicted molar refractivity (Wildman–Crippen MR) is 113 cm³/mol. The molecule has 0 radical (unpaired) electrons. The van der Waals surface area contributed by atoms with Crippen molar-refractivity contribution in [2.75, 3.05) is 19.0 Å². The number of thiazole rings is 1. The molecule has 2 aromatic carbocycles. The number of likely N-dealkylation sites (tertiary alicyclic amines) is 1. The molecule has 1 aliphatic heterocycles. The number of anilines is 2. The summed E-state index contributed by atoms with van der Waals surface area (Å²) < 4.78 is 5.39. The Bertz CT molecular complexity index is 971. The van der Waals surface area contributed by atoms with Crippen LogP contribution in [0.4, 0.5) is 10.8 Å². The fraction of sp³-hybridized carbons (Fsp3) is 0.273. The van der Waals surface area contributed by atoms with Crippen LogP contribution in [-0.2, 0) is 0 Å². The second kappa shape index (κ2) is 8.02. The van der Waals surface area contributed by atoms with E-state index in [1.165, 1.54) is 16.9 Å². The summed E-state index contributed by atoms with van der Waals surface area (Å²) in [4.78, 5) is 20.5. The van der Waals surface area contributed by atoms with Crippen LogP contribution in [0.1, 0.15) is 39.8 Å². The van der Waals surface area contributed by atoms with Crippen molar-refractivity contribution in [1.82, 2.24) is 9.88 Å². The summed E-state index contributed by atoms with van der Waals surface area (Å²) in [6.45, 7) is 2.68. The van der Waals surface area contributed by atoms with E-state index in [4.69, 9.17) is 4.74 Å². The quantitative estimate of drug-likeness (QED) is 0.649. The Morgan fingerprint density at radius 3 is 2.71 bits per heavy atom. The average Bonchev–Trinajstić information content (AvgIpc) is 3.35. The Balaban J connectivity index is 1.57. The second-order valence-corrected chi connectivity index (χ2v) is 7.83. The highest BCUT2D eigenvalue weighted by Crippen LogP contribution is 2.36. The first kappa shape index (κ1) is 18.5. The van der Waals surface area contributed by atoms with Crippen molar-refractivity contribution >= 4 is 28.1 Å². The molecule has 5 nitrogen and oxygen atoms in total. The molecule has 1 N–H and O–H groups in total. The molecule has 144 valence electrons. The molecule has 4 rings (SSSR count). The van der Waals surface area contributed by atoms with Gasteiger partial charge in [-0.25, -0.2) is 4.98 Å². The molecular weight excluding hydrogens is 370 g/mol. The van der Waals surface area contributed by atoms with Crippen molar-refractivity contribution in [1.29, 1.82) is 0 Å². The van der Waals surface area contributed by atoms with Crippen molar-refractivity contribution in [2.24, 2.45) is 0 Å². The Kier molecular flexibility index (Phi) is 5.30. The number of rotatable bonds is 5. The first-order valence-electron chi connectivity index (χ1n) is 9.40. The van der Waals surface area contributed by atoms with Gasteiger partial charge in [0.25, 0.3) is 5.91 Å². The van der Waals surface area contributed by atoms with E-state index in [2.05, 4.69) is 22.4 Å². The standard InChI is InChI=1S/C22H23N3O2S/c1-15-20(28-22(23-15)24-17-11-6-7-13-19(17)27-2)21(26)25-14-8-12-18(25)16-9-4-3-5-10-16/h3-7,9-11,13,18H,8,12,14H2,1-2H3,(H,23,24). The highest BCUT2D eigenvalue weighted by atomic mass is 32.1. The third kappa shape index (κ3) is 3.60. The third-order valence-electron chi connectivity index (χ3n) is 5.04. The number of ether oxygens (including phenoxy) is 1. The molecule has 1 fully saturated rings. The molecule has 1 unspecified atom stereocenters. The summed E-state index contributed by atoms with van der Waals surface area (Å²) in [5.41, 5.74) is 2.79. The zero-order valence-corrected chi connectivity index (χ0v) is 16.8. The minimum Gasteiger partial charge on any atom is -0.495 e. The summed E-state index contributed by atoms with van der Waals surface area (Å²) in [6.07, 6.45) is 2.02. The van der Waals surface area contributed by atoms with Crippen molar-refractivity contribution < 1.29 is 9.53 Å². The summed E-state index contributed by atoms with van der Waals surface area (Å²) in [6, 6.07) is 18.1. The molecule has 6 heteroatoms. The van der Waals surface area contributed by atoms with Crippen LogP contribution in [-0.4, -0.2) is 29.4 Å². The van der Waals surface area contributed by atoms with Gasteiger partial charge in [0.2, 0.25) is 0 Å². The van der Waals surface area contributed by atoms with E-state index >= 15 is 0 Å². The molecule has 0 aliphatic carbocycles. The van der Waals surface area contributed by atoms with E-state index in [-0.39, 0.29) is 11.9 Å². The lowest BCUT2D eigenvalue weighted by atomic mass is 10.0. The van der Waals surface area contributed by atoms with Crippen LogP contribution >= 0.6 is 11.3 Å². The number of carbonyl (C=O) groups is 1. The molecule has 0 saturated carbocycles. The predicted octanol–water partition coefficient (Wildman–Crippen LogP) is 5.18. The number of amides is 1. The molecule has 1 aromatic heterocycles. The number of hydrogen-bond acceptors (Lipinski definition) is 5. The Hall–Kier alpha value is -2.86. The van der Waals surface area contributed by atoms with Crippen LogP contribution in [0.3, 0.4) is 0 Å². The SMILES string of the molecule is COc1ccccc1Nc1nc(C)c(C(=O)N2CCCC2c2ccccc2)s1. The summed E-state index contributed by atoms with van der Waals surface area (Å²) in [5.74, 6) is 0.807. The first-order valence-corrected chi connectivity index (χ1v) is 10.2. The van der Waals surface area contributed by atoms with Gasteiger partial charge in [0.05, 0.1) is 24.5 Å². The number of carbonyl (C=O) groups excluding carboxylic acids is 1. The highest BCUT2D eigenvalue weighted by molar-refractivity contribution is 7.17. The van der Waals surface area contributed by atoms with E-state index in [0.29, 0.717) is 10.0 Å². The third-order valence-corrected chi connectivity index (χ3v) is 6.10. The van der Waals surface area contributed by atoms with Gasteiger partial charge in [0, 0.05) is 6.54 Å². The monoisotopic (exact) mass is 393 g/mol. The van der Waals surface area contributed by atoms with Gasteiger partial charge in [-0.15, -0.1) is 0 Å². The molecule has 1 saturated heterocycles. The normalized spacial score (nSPS) is 16.2. The fourth-order valence-electron chi connectivity index (χ4n) is 3.67. The number of aryl methyl sites for hydroxylation is 1. The van der Waals surface area contributed by atoms with Gasteiger partial charge in [-0.05, 0) is 37.5 Å². The number of nitrogens with one attached hydrogen (secondary N) is 1. The summed E-state index contributed by atoms with van der Waals surface area (Å²) >= 11 is 1.40. The van der Waals surface area contributed by atoms with E-state index in [9.17, 15) is 4.79 Å². The van der Waals surface area contributed by atoms with Crippen molar-refractivity contribution in [3.8, 4) is 5.75 Å². The van der Waals surface area contributed by atoms with Crippen molar-refractivity contribution in [3.63, 3.8) is 0 Å². The van der Waals surface area contributed by atoms with E-state index in [0.717, 1.165) is 36.5 Å². The fourth-order valence-corrected chi connectivity index (χ4v) is 4.61. The maximum Gasteiger partial charge on any atom is 0.266 e. The van der Waals surface area contributed by atoms with Crippen molar-refractivity contribution in [3.05, 3.63) is 70.7 Å². The van der Waals surface area contributed by atoms with Crippen LogP contribution in [0.5, 0.6) is 5.75 Å². The van der Waals surface area contributed by atoms with Crippen molar-refractivity contribution in [2.45, 2.75) is 25.8 Å². The van der Waals surface area contributed by atoms with Gasteiger partial charge in [-0.3, -0.25) is 4.79 Å². The number of benzene rings is 2. The molecule has 0 bridgehead atoms. The van der Waals surface area contributed by atoms with Crippen LogP contribution in [0.25, 0.3) is 0 Å². The van der Waals surface area contributed by atoms with Crippen LogP contribution in [0.2, 0.25) is 0 Å². The second-order valence-electron chi connectivity index (χ2n) is 6.83. The van der Waals surface area contributed by atoms with Crippen LogP contribution < -0.4 is 10.1 Å². The number of hydrogen-bond donors (Lipinski definition) is 1. The molecule has 28 heavy (non-hydrogen) atoms. The van der Waals surface area contributed by atoms with E-state index in [1.807, 2.05) is 54.3 Å². The van der Waals surface area contributed by atoms with Gasteiger partial charge < -0.3 is 15.0 Å². The van der Waals surface area contributed by atoms with Gasteiger partial charge in [0.15, 0.2) is 5.13 Å². The molecule has 1 atom stereocenters.